The Morgan fingerprint density at radius 2 is 1.93 bits per heavy atom. The highest BCUT2D eigenvalue weighted by Crippen LogP contribution is 2.43. The molecule has 0 N–H and O–H groups in total. The molecule has 0 aliphatic carbocycles. The second kappa shape index (κ2) is 6.46. The molecule has 2 heterocycles. The van der Waals surface area contributed by atoms with Crippen LogP contribution in [0.5, 0.6) is 11.5 Å². The lowest BCUT2D eigenvalue weighted by Gasteiger charge is -2.13. The average molecular weight is 365 g/mol. The number of carbonyl (C=O) groups is 2. The van der Waals surface area contributed by atoms with Crippen LogP contribution in [0.1, 0.15) is 30.5 Å². The van der Waals surface area contributed by atoms with E-state index in [0.29, 0.717) is 39.6 Å². The summed E-state index contributed by atoms with van der Waals surface area (Å²) in [5, 5.41) is 0. The van der Waals surface area contributed by atoms with Gasteiger partial charge in [-0.05, 0) is 42.3 Å². The molecule has 0 saturated carbocycles. The number of benzene rings is 2. The summed E-state index contributed by atoms with van der Waals surface area (Å²) in [5.74, 6) is 0.925. The fraction of sp³-hybridized carbons (Fsp3) is 0.238. The molecule has 0 radical (unpaired) electrons. The van der Waals surface area contributed by atoms with Crippen molar-refractivity contribution in [3.8, 4) is 11.5 Å². The first-order valence-corrected chi connectivity index (χ1v) is 8.71. The molecule has 0 unspecified atom stereocenters. The van der Waals surface area contributed by atoms with Crippen LogP contribution < -0.4 is 14.4 Å². The van der Waals surface area contributed by atoms with E-state index in [1.54, 1.807) is 12.1 Å². The van der Waals surface area contributed by atoms with E-state index in [4.69, 9.17) is 14.2 Å². The molecule has 2 aliphatic heterocycles. The minimum atomic E-state index is -0.389. The summed E-state index contributed by atoms with van der Waals surface area (Å²) in [6, 6.07) is 11.1. The van der Waals surface area contributed by atoms with Crippen LogP contribution in [-0.2, 0) is 20.7 Å². The van der Waals surface area contributed by atoms with Gasteiger partial charge in [0.25, 0.3) is 5.91 Å². The van der Waals surface area contributed by atoms with E-state index < -0.39 is 0 Å². The highest BCUT2D eigenvalue weighted by molar-refractivity contribution is 6.42. The van der Waals surface area contributed by atoms with Crippen molar-refractivity contribution in [2.24, 2.45) is 0 Å². The highest BCUT2D eigenvalue weighted by Gasteiger charge is 2.38. The number of ether oxygens (including phenoxy) is 3. The smallest absolute Gasteiger partial charge is 0.269 e. The molecule has 6 nitrogen and oxygen atoms in total. The Balaban J connectivity index is 1.95. The Kier molecular flexibility index (Phi) is 4.11. The van der Waals surface area contributed by atoms with Crippen LogP contribution in [0.15, 0.2) is 36.4 Å². The molecule has 0 bridgehead atoms. The van der Waals surface area contributed by atoms with Crippen molar-refractivity contribution in [2.75, 3.05) is 18.8 Å². The van der Waals surface area contributed by atoms with Crippen molar-refractivity contribution in [3.63, 3.8) is 0 Å². The molecule has 0 spiro atoms. The molecule has 4 rings (SSSR count). The Morgan fingerprint density at radius 3 is 2.63 bits per heavy atom. The predicted octanol–water partition coefficient (Wildman–Crippen LogP) is 3.39. The lowest BCUT2D eigenvalue weighted by Crippen LogP contribution is -2.31. The molecule has 6 heteroatoms. The maximum absolute atomic E-state index is 13.1. The number of fused-ring (bicyclic) bond motifs is 2. The van der Waals surface area contributed by atoms with Gasteiger partial charge in [-0.15, -0.1) is 0 Å². The number of hydrogen-bond acceptors (Lipinski definition) is 5. The molecule has 27 heavy (non-hydrogen) atoms. The van der Waals surface area contributed by atoms with E-state index in [2.05, 4.69) is 0 Å². The molecular formula is C21H19NO5. The summed E-state index contributed by atoms with van der Waals surface area (Å²) in [6.45, 7) is 3.59. The number of carbonyl (C=O) groups excluding carboxylic acids is 2. The van der Waals surface area contributed by atoms with Crippen LogP contribution in [0.3, 0.4) is 0 Å². The van der Waals surface area contributed by atoms with Crippen molar-refractivity contribution >= 4 is 28.8 Å². The molecule has 138 valence electrons. The standard InChI is InChI=1S/C21H19NO5/c1-4-13-5-7-16-15(9-13)19(21(24)22(16)12(2)23)20(25-3)14-6-8-17-18(10-14)27-11-26-17/h5-10H,4,11H2,1-3H3/b20-19-. The average Bonchev–Trinajstić information content (AvgIpc) is 3.24. The molecule has 2 aliphatic rings. The summed E-state index contributed by atoms with van der Waals surface area (Å²) in [5.41, 5.74) is 3.41. The van der Waals surface area contributed by atoms with Crippen LogP contribution in [0.2, 0.25) is 0 Å². The van der Waals surface area contributed by atoms with Gasteiger partial charge in [0.05, 0.1) is 18.4 Å². The fourth-order valence-corrected chi connectivity index (χ4v) is 3.47. The molecule has 0 fully saturated rings. The molecule has 2 amide bonds. The Hall–Kier alpha value is -3.28. The first kappa shape index (κ1) is 17.1. The predicted molar refractivity (Wildman–Crippen MR) is 100 cm³/mol. The van der Waals surface area contributed by atoms with Crippen LogP contribution in [0.4, 0.5) is 5.69 Å². The number of anilines is 1. The number of rotatable bonds is 3. The van der Waals surface area contributed by atoms with Crippen LogP contribution in [-0.4, -0.2) is 25.7 Å². The molecule has 2 aromatic rings. The van der Waals surface area contributed by atoms with E-state index in [0.717, 1.165) is 12.0 Å². The lowest BCUT2D eigenvalue weighted by atomic mass is 9.99. The van der Waals surface area contributed by atoms with E-state index in [-0.39, 0.29) is 18.6 Å². The lowest BCUT2D eigenvalue weighted by molar-refractivity contribution is -0.122. The molecule has 2 aromatic carbocycles. The Morgan fingerprint density at radius 1 is 1.15 bits per heavy atom. The summed E-state index contributed by atoms with van der Waals surface area (Å²) < 4.78 is 16.4. The molecule has 0 saturated heterocycles. The Labute approximate surface area is 156 Å². The van der Waals surface area contributed by atoms with Crippen molar-refractivity contribution in [1.29, 1.82) is 0 Å². The van der Waals surface area contributed by atoms with Gasteiger partial charge in [0.2, 0.25) is 12.7 Å². The summed E-state index contributed by atoms with van der Waals surface area (Å²) in [7, 11) is 1.51. The summed E-state index contributed by atoms with van der Waals surface area (Å²) in [4.78, 5) is 26.4. The van der Waals surface area contributed by atoms with Gasteiger partial charge in [-0.1, -0.05) is 13.0 Å². The van der Waals surface area contributed by atoms with Crippen LogP contribution in [0, 0.1) is 0 Å². The summed E-state index contributed by atoms with van der Waals surface area (Å²) in [6.07, 6.45) is 0.821. The molecule has 0 atom stereocenters. The van der Waals surface area contributed by atoms with Gasteiger partial charge in [0, 0.05) is 18.1 Å². The quantitative estimate of drug-likeness (QED) is 0.616. The minimum absolute atomic E-state index is 0.164. The normalized spacial score (nSPS) is 16.4. The van der Waals surface area contributed by atoms with Crippen LogP contribution in [0.25, 0.3) is 11.3 Å². The van der Waals surface area contributed by atoms with Gasteiger partial charge in [0.1, 0.15) is 5.76 Å². The third kappa shape index (κ3) is 2.65. The van der Waals surface area contributed by atoms with Gasteiger partial charge in [-0.2, -0.15) is 0 Å². The number of methoxy groups -OCH3 is 1. The van der Waals surface area contributed by atoms with Gasteiger partial charge >= 0.3 is 0 Å². The third-order valence-electron chi connectivity index (χ3n) is 4.78. The van der Waals surface area contributed by atoms with E-state index in [9.17, 15) is 9.59 Å². The Bertz CT molecular complexity index is 992. The van der Waals surface area contributed by atoms with Gasteiger partial charge < -0.3 is 14.2 Å². The number of imide groups is 1. The maximum Gasteiger partial charge on any atom is 0.269 e. The zero-order valence-electron chi connectivity index (χ0n) is 15.4. The first-order valence-electron chi connectivity index (χ1n) is 8.71. The maximum atomic E-state index is 13.1. The summed E-state index contributed by atoms with van der Waals surface area (Å²) >= 11 is 0. The SMILES string of the molecule is CCc1ccc2c(c1)/C(=C(/OC)c1ccc3c(c1)OCO3)C(=O)N2C(C)=O. The van der Waals surface area contributed by atoms with E-state index in [1.165, 1.54) is 18.9 Å². The number of aryl methyl sites for hydroxylation is 1. The van der Waals surface area contributed by atoms with E-state index >= 15 is 0 Å². The molecule has 0 aromatic heterocycles. The number of nitrogens with zero attached hydrogens (tertiary/aromatic N) is 1. The zero-order chi connectivity index (χ0) is 19.1. The number of hydrogen-bond donors (Lipinski definition) is 0. The second-order valence-electron chi connectivity index (χ2n) is 6.34. The van der Waals surface area contributed by atoms with E-state index in [1.807, 2.05) is 31.2 Å². The largest absolute Gasteiger partial charge is 0.495 e. The van der Waals surface area contributed by atoms with Crippen molar-refractivity contribution in [3.05, 3.63) is 53.1 Å². The highest BCUT2D eigenvalue weighted by atomic mass is 16.7. The minimum Gasteiger partial charge on any atom is -0.495 e. The van der Waals surface area contributed by atoms with Gasteiger partial charge in [-0.25, -0.2) is 4.90 Å². The monoisotopic (exact) mass is 365 g/mol. The molecular weight excluding hydrogens is 346 g/mol. The van der Waals surface area contributed by atoms with Crippen LogP contribution >= 0.6 is 0 Å². The van der Waals surface area contributed by atoms with Gasteiger partial charge in [0.15, 0.2) is 11.5 Å². The van der Waals surface area contributed by atoms with Crippen molar-refractivity contribution < 1.29 is 23.8 Å². The van der Waals surface area contributed by atoms with Crippen molar-refractivity contribution in [2.45, 2.75) is 20.3 Å². The topological polar surface area (TPSA) is 65.1 Å². The third-order valence-corrected chi connectivity index (χ3v) is 4.78. The second-order valence-corrected chi connectivity index (χ2v) is 6.34. The van der Waals surface area contributed by atoms with Crippen molar-refractivity contribution in [1.82, 2.24) is 0 Å². The first-order chi connectivity index (χ1) is 13.0. The number of amides is 2. The fourth-order valence-electron chi connectivity index (χ4n) is 3.47. The van der Waals surface area contributed by atoms with Gasteiger partial charge in [-0.3, -0.25) is 9.59 Å². The zero-order valence-corrected chi connectivity index (χ0v) is 15.4.